The van der Waals surface area contributed by atoms with Crippen molar-refractivity contribution in [1.29, 1.82) is 0 Å². The van der Waals surface area contributed by atoms with Crippen LogP contribution < -0.4 is 5.32 Å². The van der Waals surface area contributed by atoms with E-state index in [0.29, 0.717) is 17.7 Å². The summed E-state index contributed by atoms with van der Waals surface area (Å²) in [6.07, 6.45) is 6.42. The second-order valence-electron chi connectivity index (χ2n) is 6.86. The summed E-state index contributed by atoms with van der Waals surface area (Å²) in [7, 11) is 0. The van der Waals surface area contributed by atoms with E-state index in [1.54, 1.807) is 11.3 Å². The zero-order chi connectivity index (χ0) is 16.4. The SMILES string of the molecule is O=C(NCC1CCCN2CCCCC12)c1cc(-c2cccs2)[nH]n1. The Labute approximate surface area is 146 Å². The predicted octanol–water partition coefficient (Wildman–Crippen LogP) is 3.13. The number of nitrogens with one attached hydrogen (secondary N) is 2. The second-order valence-corrected chi connectivity index (χ2v) is 7.80. The summed E-state index contributed by atoms with van der Waals surface area (Å²) in [5.74, 6) is 0.515. The molecule has 5 nitrogen and oxygen atoms in total. The first kappa shape index (κ1) is 15.8. The Bertz CT molecular complexity index is 679. The molecular formula is C18H24N4OS. The molecule has 128 valence electrons. The van der Waals surface area contributed by atoms with Crippen LogP contribution in [0, 0.1) is 5.92 Å². The number of aromatic amines is 1. The number of piperidine rings is 2. The van der Waals surface area contributed by atoms with E-state index in [-0.39, 0.29) is 5.91 Å². The van der Waals surface area contributed by atoms with Crippen LogP contribution in [0.2, 0.25) is 0 Å². The molecule has 4 heterocycles. The molecule has 2 saturated heterocycles. The fraction of sp³-hybridized carbons (Fsp3) is 0.556. The number of hydrogen-bond acceptors (Lipinski definition) is 4. The van der Waals surface area contributed by atoms with Gasteiger partial charge in [-0.25, -0.2) is 0 Å². The lowest BCUT2D eigenvalue weighted by Crippen LogP contribution is -2.51. The summed E-state index contributed by atoms with van der Waals surface area (Å²) in [5, 5.41) is 12.3. The molecule has 2 aliphatic heterocycles. The number of fused-ring (bicyclic) bond motifs is 1. The summed E-state index contributed by atoms with van der Waals surface area (Å²) in [5.41, 5.74) is 1.39. The third-order valence-electron chi connectivity index (χ3n) is 5.35. The number of thiophene rings is 1. The van der Waals surface area contributed by atoms with Gasteiger partial charge in [0.1, 0.15) is 0 Å². The van der Waals surface area contributed by atoms with Crippen LogP contribution in [-0.4, -0.2) is 46.7 Å². The molecule has 1 amide bonds. The molecule has 2 aromatic heterocycles. The van der Waals surface area contributed by atoms with E-state index < -0.39 is 0 Å². The third kappa shape index (κ3) is 3.26. The number of amides is 1. The van der Waals surface area contributed by atoms with Crippen molar-refractivity contribution in [1.82, 2.24) is 20.4 Å². The number of hydrogen-bond donors (Lipinski definition) is 2. The van der Waals surface area contributed by atoms with E-state index in [1.165, 1.54) is 45.2 Å². The Hall–Kier alpha value is -1.66. The number of carbonyl (C=O) groups is 1. The molecule has 2 aromatic rings. The maximum Gasteiger partial charge on any atom is 0.271 e. The molecule has 2 fully saturated rings. The fourth-order valence-corrected chi connectivity index (χ4v) is 4.82. The maximum absolute atomic E-state index is 12.4. The van der Waals surface area contributed by atoms with Gasteiger partial charge in [-0.05, 0) is 62.2 Å². The predicted molar refractivity (Wildman–Crippen MR) is 96.2 cm³/mol. The van der Waals surface area contributed by atoms with Crippen molar-refractivity contribution in [3.05, 3.63) is 29.3 Å². The van der Waals surface area contributed by atoms with Crippen LogP contribution in [0.25, 0.3) is 10.6 Å². The molecule has 2 aliphatic rings. The van der Waals surface area contributed by atoms with Crippen LogP contribution in [0.15, 0.2) is 23.6 Å². The van der Waals surface area contributed by atoms with E-state index in [4.69, 9.17) is 0 Å². The number of nitrogens with zero attached hydrogens (tertiary/aromatic N) is 2. The lowest BCUT2D eigenvalue weighted by molar-refractivity contribution is 0.0575. The van der Waals surface area contributed by atoms with E-state index in [1.807, 2.05) is 23.6 Å². The van der Waals surface area contributed by atoms with Crippen molar-refractivity contribution < 1.29 is 4.79 Å². The molecule has 0 aliphatic carbocycles. The molecule has 6 heteroatoms. The molecule has 0 bridgehead atoms. The summed E-state index contributed by atoms with van der Waals surface area (Å²) in [4.78, 5) is 16.2. The lowest BCUT2D eigenvalue weighted by atomic mass is 9.83. The highest BCUT2D eigenvalue weighted by molar-refractivity contribution is 7.13. The highest BCUT2D eigenvalue weighted by Crippen LogP contribution is 2.30. The Balaban J connectivity index is 1.36. The average Bonchev–Trinajstić information content (AvgIpc) is 3.30. The summed E-state index contributed by atoms with van der Waals surface area (Å²) in [6.45, 7) is 3.23. The molecule has 0 saturated carbocycles. The van der Waals surface area contributed by atoms with E-state index >= 15 is 0 Å². The van der Waals surface area contributed by atoms with Crippen LogP contribution in [-0.2, 0) is 0 Å². The monoisotopic (exact) mass is 344 g/mol. The minimum atomic E-state index is -0.0676. The minimum Gasteiger partial charge on any atom is -0.350 e. The Morgan fingerprint density at radius 3 is 3.12 bits per heavy atom. The molecule has 0 aromatic carbocycles. The zero-order valence-corrected chi connectivity index (χ0v) is 14.6. The fourth-order valence-electron chi connectivity index (χ4n) is 4.13. The molecular weight excluding hydrogens is 320 g/mol. The van der Waals surface area contributed by atoms with E-state index in [2.05, 4.69) is 20.4 Å². The van der Waals surface area contributed by atoms with Crippen LogP contribution in [0.1, 0.15) is 42.6 Å². The van der Waals surface area contributed by atoms with Gasteiger partial charge in [0, 0.05) is 12.6 Å². The molecule has 2 unspecified atom stereocenters. The first-order valence-electron chi connectivity index (χ1n) is 8.93. The zero-order valence-electron chi connectivity index (χ0n) is 13.8. The van der Waals surface area contributed by atoms with Crippen molar-refractivity contribution in [3.63, 3.8) is 0 Å². The minimum absolute atomic E-state index is 0.0676. The second kappa shape index (κ2) is 7.07. The van der Waals surface area contributed by atoms with Crippen molar-refractivity contribution in [2.75, 3.05) is 19.6 Å². The van der Waals surface area contributed by atoms with Crippen LogP contribution >= 0.6 is 11.3 Å². The van der Waals surface area contributed by atoms with Gasteiger partial charge in [-0.2, -0.15) is 5.10 Å². The van der Waals surface area contributed by atoms with Crippen molar-refractivity contribution in [3.8, 4) is 10.6 Å². The highest BCUT2D eigenvalue weighted by atomic mass is 32.1. The van der Waals surface area contributed by atoms with Gasteiger partial charge in [0.15, 0.2) is 5.69 Å². The van der Waals surface area contributed by atoms with Gasteiger partial charge >= 0.3 is 0 Å². The molecule has 24 heavy (non-hydrogen) atoms. The molecule has 2 N–H and O–H groups in total. The standard InChI is InChI=1S/C18H24N4OS/c23-18(15-11-14(20-21-15)17-7-4-10-24-17)19-12-13-5-3-9-22-8-2-1-6-16(13)22/h4,7,10-11,13,16H,1-3,5-6,8-9,12H2,(H,19,23)(H,20,21). The average molecular weight is 344 g/mol. The first-order valence-corrected chi connectivity index (χ1v) is 9.81. The van der Waals surface area contributed by atoms with Crippen LogP contribution in [0.4, 0.5) is 0 Å². The van der Waals surface area contributed by atoms with Crippen molar-refractivity contribution in [2.24, 2.45) is 5.92 Å². The third-order valence-corrected chi connectivity index (χ3v) is 6.25. The van der Waals surface area contributed by atoms with Gasteiger partial charge in [0.05, 0.1) is 10.6 Å². The number of carbonyl (C=O) groups excluding carboxylic acids is 1. The lowest BCUT2D eigenvalue weighted by Gasteiger charge is -2.44. The van der Waals surface area contributed by atoms with Gasteiger partial charge in [0.2, 0.25) is 0 Å². The van der Waals surface area contributed by atoms with Gasteiger partial charge in [-0.15, -0.1) is 11.3 Å². The number of aromatic nitrogens is 2. The van der Waals surface area contributed by atoms with E-state index in [9.17, 15) is 4.79 Å². The van der Waals surface area contributed by atoms with Gasteiger partial charge in [-0.1, -0.05) is 12.5 Å². The van der Waals surface area contributed by atoms with Gasteiger partial charge in [-0.3, -0.25) is 9.89 Å². The van der Waals surface area contributed by atoms with Gasteiger partial charge < -0.3 is 10.2 Å². The quantitative estimate of drug-likeness (QED) is 0.896. The number of rotatable bonds is 4. The molecule has 2 atom stereocenters. The summed E-state index contributed by atoms with van der Waals surface area (Å²) < 4.78 is 0. The largest absolute Gasteiger partial charge is 0.350 e. The van der Waals surface area contributed by atoms with E-state index in [0.717, 1.165) is 17.1 Å². The molecule has 0 spiro atoms. The molecule has 0 radical (unpaired) electrons. The van der Waals surface area contributed by atoms with Crippen molar-refractivity contribution >= 4 is 17.2 Å². The molecule has 4 rings (SSSR count). The Morgan fingerprint density at radius 1 is 1.33 bits per heavy atom. The smallest absolute Gasteiger partial charge is 0.271 e. The highest BCUT2D eigenvalue weighted by Gasteiger charge is 2.33. The maximum atomic E-state index is 12.4. The topological polar surface area (TPSA) is 61.0 Å². The first-order chi connectivity index (χ1) is 11.8. The van der Waals surface area contributed by atoms with Crippen LogP contribution in [0.3, 0.4) is 0 Å². The van der Waals surface area contributed by atoms with Crippen molar-refractivity contribution in [2.45, 2.75) is 38.1 Å². The van der Waals surface area contributed by atoms with Crippen LogP contribution in [0.5, 0.6) is 0 Å². The normalized spacial score (nSPS) is 24.5. The van der Waals surface area contributed by atoms with Gasteiger partial charge in [0.25, 0.3) is 5.91 Å². The number of H-pyrrole nitrogens is 1. The Morgan fingerprint density at radius 2 is 2.25 bits per heavy atom. The summed E-state index contributed by atoms with van der Waals surface area (Å²) in [6, 6.07) is 6.53. The summed E-state index contributed by atoms with van der Waals surface area (Å²) >= 11 is 1.64. The Kier molecular flexibility index (Phi) is 4.67.